The van der Waals surface area contributed by atoms with Crippen LogP contribution in [0.15, 0.2) is 30.3 Å². The molecule has 1 N–H and O–H groups in total. The molecule has 1 aliphatic carbocycles. The van der Waals surface area contributed by atoms with E-state index in [9.17, 15) is 4.79 Å². The molecule has 1 aromatic heterocycles. The molecule has 0 radical (unpaired) electrons. The first-order chi connectivity index (χ1) is 13.2. The minimum absolute atomic E-state index is 0.00784. The molecule has 0 atom stereocenters. The van der Waals surface area contributed by atoms with Crippen LogP contribution < -0.4 is 5.32 Å². The number of carbonyl (C=O) groups is 1. The van der Waals surface area contributed by atoms with Gasteiger partial charge in [0.25, 0.3) is 0 Å². The smallest absolute Gasteiger partial charge is 0.412 e. The first kappa shape index (κ1) is 21.3. The second kappa shape index (κ2) is 8.52. The van der Waals surface area contributed by atoms with Crippen molar-refractivity contribution in [3.05, 3.63) is 41.6 Å². The van der Waals surface area contributed by atoms with E-state index in [2.05, 4.69) is 12.2 Å². The Morgan fingerprint density at radius 3 is 2.46 bits per heavy atom. The van der Waals surface area contributed by atoms with Gasteiger partial charge >= 0.3 is 6.09 Å². The summed E-state index contributed by atoms with van der Waals surface area (Å²) in [6.07, 6.45) is 5.08. The third-order valence-corrected chi connectivity index (χ3v) is 5.49. The van der Waals surface area contributed by atoms with E-state index in [4.69, 9.17) is 44.6 Å². The molecule has 1 aromatic carbocycles. The molecule has 8 heteroatoms. The summed E-state index contributed by atoms with van der Waals surface area (Å²) in [7, 11) is 0. The molecule has 28 heavy (non-hydrogen) atoms. The van der Waals surface area contributed by atoms with Crippen LogP contribution in [0, 0.1) is 6.92 Å². The molecular formula is C20H24Cl3N3O2. The van der Waals surface area contributed by atoms with Gasteiger partial charge in [-0.3, -0.25) is 5.32 Å². The highest BCUT2D eigenvalue weighted by atomic mass is 35.6. The van der Waals surface area contributed by atoms with Crippen LogP contribution in [0.2, 0.25) is 0 Å². The lowest BCUT2D eigenvalue weighted by Crippen LogP contribution is -2.25. The molecule has 0 saturated heterocycles. The van der Waals surface area contributed by atoms with E-state index in [-0.39, 0.29) is 12.0 Å². The number of amides is 1. The maximum Gasteiger partial charge on any atom is 0.412 e. The fourth-order valence-corrected chi connectivity index (χ4v) is 3.69. The Morgan fingerprint density at radius 1 is 1.21 bits per heavy atom. The van der Waals surface area contributed by atoms with Crippen LogP contribution in [0.1, 0.15) is 50.3 Å². The standard InChI is InChI=1S/C20H24Cl3N3O2/c1-14-6-8-15(9-7-14)26-17(24-18(27)28-13-20(21,22)23)12-16(25-26)19(2)10-4-3-5-11-19/h6-9,12H,3-5,10-11,13H2,1-2H3,(H,24,27). The number of hydrogen-bond donors (Lipinski definition) is 1. The quantitative estimate of drug-likeness (QED) is 0.561. The Morgan fingerprint density at radius 2 is 1.86 bits per heavy atom. The normalized spacial score (nSPS) is 16.6. The number of aromatic nitrogens is 2. The highest BCUT2D eigenvalue weighted by molar-refractivity contribution is 6.67. The van der Waals surface area contributed by atoms with Gasteiger partial charge in [-0.2, -0.15) is 5.10 Å². The van der Waals surface area contributed by atoms with Crippen molar-refractivity contribution in [1.29, 1.82) is 0 Å². The minimum atomic E-state index is -1.66. The van der Waals surface area contributed by atoms with Gasteiger partial charge in [0, 0.05) is 11.5 Å². The predicted octanol–water partition coefficient (Wildman–Crippen LogP) is 6.32. The number of nitrogens with one attached hydrogen (secondary N) is 1. The molecular weight excluding hydrogens is 421 g/mol. The average molecular weight is 445 g/mol. The molecule has 0 aliphatic heterocycles. The zero-order valence-electron chi connectivity index (χ0n) is 16.0. The summed E-state index contributed by atoms with van der Waals surface area (Å²) >= 11 is 17.0. The molecule has 5 nitrogen and oxygen atoms in total. The molecule has 0 bridgehead atoms. The van der Waals surface area contributed by atoms with Crippen LogP contribution in [0.5, 0.6) is 0 Å². The van der Waals surface area contributed by atoms with Crippen LogP contribution in [0.25, 0.3) is 5.69 Å². The number of hydrogen-bond acceptors (Lipinski definition) is 3. The van der Waals surface area contributed by atoms with E-state index < -0.39 is 9.89 Å². The topological polar surface area (TPSA) is 56.2 Å². The fourth-order valence-electron chi connectivity index (χ4n) is 3.52. The summed E-state index contributed by atoms with van der Waals surface area (Å²) in [6, 6.07) is 9.86. The van der Waals surface area contributed by atoms with Crippen molar-refractivity contribution in [3.8, 4) is 5.69 Å². The minimum Gasteiger partial charge on any atom is -0.445 e. The van der Waals surface area contributed by atoms with E-state index in [0.29, 0.717) is 5.82 Å². The summed E-state index contributed by atoms with van der Waals surface area (Å²) in [5, 5.41) is 7.57. The summed E-state index contributed by atoms with van der Waals surface area (Å²) in [5.41, 5.74) is 2.95. The molecule has 1 heterocycles. The van der Waals surface area contributed by atoms with E-state index in [0.717, 1.165) is 29.8 Å². The van der Waals surface area contributed by atoms with Gasteiger partial charge < -0.3 is 4.74 Å². The Labute approximate surface area is 180 Å². The van der Waals surface area contributed by atoms with E-state index in [1.165, 1.54) is 19.3 Å². The van der Waals surface area contributed by atoms with Crippen LogP contribution >= 0.6 is 34.8 Å². The third-order valence-electron chi connectivity index (χ3n) is 5.16. The van der Waals surface area contributed by atoms with Crippen molar-refractivity contribution < 1.29 is 9.53 Å². The van der Waals surface area contributed by atoms with Crippen LogP contribution in [0.4, 0.5) is 10.6 Å². The van der Waals surface area contributed by atoms with Gasteiger partial charge in [-0.1, -0.05) is 78.7 Å². The third kappa shape index (κ3) is 5.34. The average Bonchev–Trinajstić information content (AvgIpc) is 3.05. The molecule has 1 fully saturated rings. The number of nitrogens with zero attached hydrogens (tertiary/aromatic N) is 2. The lowest BCUT2D eigenvalue weighted by atomic mass is 9.73. The second-order valence-electron chi connectivity index (χ2n) is 7.60. The van der Waals surface area contributed by atoms with Crippen molar-refractivity contribution in [3.63, 3.8) is 0 Å². The predicted molar refractivity (Wildman–Crippen MR) is 114 cm³/mol. The lowest BCUT2D eigenvalue weighted by Gasteiger charge is -2.31. The zero-order valence-corrected chi connectivity index (χ0v) is 18.2. The Balaban J connectivity index is 1.90. The van der Waals surface area contributed by atoms with Gasteiger partial charge in [0.1, 0.15) is 12.4 Å². The highest BCUT2D eigenvalue weighted by Gasteiger charge is 2.32. The molecule has 1 saturated carbocycles. The monoisotopic (exact) mass is 443 g/mol. The van der Waals surface area contributed by atoms with Gasteiger partial charge in [-0.15, -0.1) is 0 Å². The summed E-state index contributed by atoms with van der Waals surface area (Å²) < 4.78 is 5.08. The largest absolute Gasteiger partial charge is 0.445 e. The molecule has 152 valence electrons. The fraction of sp³-hybridized carbons (Fsp3) is 0.500. The van der Waals surface area contributed by atoms with Crippen LogP contribution in [0.3, 0.4) is 0 Å². The van der Waals surface area contributed by atoms with Crippen molar-refractivity contribution in [1.82, 2.24) is 9.78 Å². The number of rotatable bonds is 4. The van der Waals surface area contributed by atoms with E-state index in [1.807, 2.05) is 37.3 Å². The zero-order chi connectivity index (χ0) is 20.4. The van der Waals surface area contributed by atoms with Gasteiger partial charge in [-0.05, 0) is 31.9 Å². The van der Waals surface area contributed by atoms with Crippen molar-refractivity contribution in [2.45, 2.75) is 55.2 Å². The lowest BCUT2D eigenvalue weighted by molar-refractivity contribution is 0.163. The molecule has 0 spiro atoms. The number of halogens is 3. The molecule has 1 aliphatic rings. The van der Waals surface area contributed by atoms with Crippen molar-refractivity contribution >= 4 is 46.7 Å². The number of ether oxygens (including phenoxy) is 1. The maximum absolute atomic E-state index is 12.2. The first-order valence-electron chi connectivity index (χ1n) is 9.34. The molecule has 0 unspecified atom stereocenters. The Bertz CT molecular complexity index is 822. The van der Waals surface area contributed by atoms with Gasteiger partial charge in [0.15, 0.2) is 0 Å². The highest BCUT2D eigenvalue weighted by Crippen LogP contribution is 2.39. The van der Waals surface area contributed by atoms with Gasteiger partial charge in [0.2, 0.25) is 3.79 Å². The van der Waals surface area contributed by atoms with E-state index >= 15 is 0 Å². The Kier molecular flexibility index (Phi) is 6.47. The number of benzene rings is 1. The first-order valence-corrected chi connectivity index (χ1v) is 10.5. The number of anilines is 1. The number of alkyl halides is 3. The molecule has 3 rings (SSSR count). The second-order valence-corrected chi connectivity index (χ2v) is 10.1. The summed E-state index contributed by atoms with van der Waals surface area (Å²) in [6.45, 7) is 3.92. The van der Waals surface area contributed by atoms with Crippen LogP contribution in [-0.2, 0) is 10.2 Å². The van der Waals surface area contributed by atoms with Gasteiger partial charge in [0.05, 0.1) is 11.4 Å². The van der Waals surface area contributed by atoms with Crippen molar-refractivity contribution in [2.24, 2.45) is 0 Å². The Hall–Kier alpha value is -1.43. The molecule has 1 amide bonds. The summed E-state index contributed by atoms with van der Waals surface area (Å²) in [4.78, 5) is 12.2. The van der Waals surface area contributed by atoms with Gasteiger partial charge in [-0.25, -0.2) is 9.48 Å². The summed E-state index contributed by atoms with van der Waals surface area (Å²) in [5.74, 6) is 0.528. The number of aryl methyl sites for hydroxylation is 1. The SMILES string of the molecule is Cc1ccc(-n2nc(C3(C)CCCCC3)cc2NC(=O)OCC(Cl)(Cl)Cl)cc1. The maximum atomic E-state index is 12.2. The van der Waals surface area contributed by atoms with E-state index in [1.54, 1.807) is 4.68 Å². The van der Waals surface area contributed by atoms with Crippen molar-refractivity contribution in [2.75, 3.05) is 11.9 Å². The number of carbonyl (C=O) groups excluding carboxylic acids is 1. The van der Waals surface area contributed by atoms with Crippen LogP contribution in [-0.4, -0.2) is 26.3 Å². The molecule has 2 aromatic rings.